The maximum absolute atomic E-state index is 11.5. The molecule has 1 aromatic carbocycles. The van der Waals surface area contributed by atoms with Crippen LogP contribution >= 0.6 is 11.3 Å². The minimum Gasteiger partial charge on any atom is -0.492 e. The van der Waals surface area contributed by atoms with Crippen LogP contribution in [-0.2, 0) is 11.2 Å². The standard InChI is InChI=1S/C17H21NO3S/c1-18(2)8-9-21-14-6-3-5-13(11-14)12-15(17(19)20)16-7-4-10-22-16/h3-7,10-11,15H,8-9,12H2,1-2H3,(H,19,20). The number of carbonyl (C=O) groups is 1. The summed E-state index contributed by atoms with van der Waals surface area (Å²) in [4.78, 5) is 14.4. The fourth-order valence-corrected chi connectivity index (χ4v) is 2.96. The highest BCUT2D eigenvalue weighted by Gasteiger charge is 2.21. The van der Waals surface area contributed by atoms with E-state index >= 15 is 0 Å². The molecule has 1 heterocycles. The van der Waals surface area contributed by atoms with E-state index in [0.29, 0.717) is 13.0 Å². The number of benzene rings is 1. The van der Waals surface area contributed by atoms with Crippen molar-refractivity contribution in [2.75, 3.05) is 27.2 Å². The lowest BCUT2D eigenvalue weighted by Crippen LogP contribution is -2.19. The molecule has 0 aliphatic rings. The Labute approximate surface area is 135 Å². The van der Waals surface area contributed by atoms with Gasteiger partial charge in [0.2, 0.25) is 0 Å². The van der Waals surface area contributed by atoms with Crippen molar-refractivity contribution in [1.29, 1.82) is 0 Å². The highest BCUT2D eigenvalue weighted by atomic mass is 32.1. The molecule has 0 aliphatic heterocycles. The first-order chi connectivity index (χ1) is 10.6. The zero-order valence-corrected chi connectivity index (χ0v) is 13.7. The second-order valence-corrected chi connectivity index (χ2v) is 6.39. The van der Waals surface area contributed by atoms with Crippen molar-refractivity contribution in [3.05, 3.63) is 52.2 Å². The van der Waals surface area contributed by atoms with Gasteiger partial charge in [-0.2, -0.15) is 0 Å². The topological polar surface area (TPSA) is 49.8 Å². The maximum atomic E-state index is 11.5. The van der Waals surface area contributed by atoms with Gasteiger partial charge in [-0.1, -0.05) is 18.2 Å². The molecule has 0 saturated carbocycles. The van der Waals surface area contributed by atoms with E-state index in [-0.39, 0.29) is 0 Å². The highest BCUT2D eigenvalue weighted by molar-refractivity contribution is 7.10. The Balaban J connectivity index is 2.04. The first-order valence-electron chi connectivity index (χ1n) is 7.19. The Bertz CT molecular complexity index is 596. The fraction of sp³-hybridized carbons (Fsp3) is 0.353. The number of carboxylic acid groups (broad SMARTS) is 1. The van der Waals surface area contributed by atoms with E-state index < -0.39 is 11.9 Å². The molecule has 1 aromatic heterocycles. The maximum Gasteiger partial charge on any atom is 0.312 e. The number of nitrogens with zero attached hydrogens (tertiary/aromatic N) is 1. The predicted molar refractivity (Wildman–Crippen MR) is 88.9 cm³/mol. The molecule has 1 atom stereocenters. The summed E-state index contributed by atoms with van der Waals surface area (Å²) < 4.78 is 5.70. The van der Waals surface area contributed by atoms with Gasteiger partial charge in [0.15, 0.2) is 0 Å². The summed E-state index contributed by atoms with van der Waals surface area (Å²) in [6, 6.07) is 11.5. The first-order valence-corrected chi connectivity index (χ1v) is 8.07. The fourth-order valence-electron chi connectivity index (χ4n) is 2.14. The smallest absolute Gasteiger partial charge is 0.312 e. The van der Waals surface area contributed by atoms with Crippen LogP contribution in [0, 0.1) is 0 Å². The number of thiophene rings is 1. The van der Waals surface area contributed by atoms with Crippen LogP contribution in [0.15, 0.2) is 41.8 Å². The SMILES string of the molecule is CN(C)CCOc1cccc(CC(C(=O)O)c2cccs2)c1. The molecule has 0 bridgehead atoms. The van der Waals surface area contributed by atoms with Gasteiger partial charge in [-0.05, 0) is 49.7 Å². The minimum atomic E-state index is -0.790. The molecule has 0 spiro atoms. The molecule has 0 radical (unpaired) electrons. The molecule has 0 amide bonds. The Kier molecular flexibility index (Phi) is 5.98. The molecule has 1 unspecified atom stereocenters. The number of aliphatic carboxylic acids is 1. The first kappa shape index (κ1) is 16.5. The summed E-state index contributed by atoms with van der Waals surface area (Å²) in [7, 11) is 4.00. The number of rotatable bonds is 8. The van der Waals surface area contributed by atoms with Crippen molar-refractivity contribution in [3.63, 3.8) is 0 Å². The van der Waals surface area contributed by atoms with Gasteiger partial charge >= 0.3 is 5.97 Å². The summed E-state index contributed by atoms with van der Waals surface area (Å²) in [6.45, 7) is 1.46. The lowest BCUT2D eigenvalue weighted by molar-refractivity contribution is -0.138. The number of hydrogen-bond donors (Lipinski definition) is 1. The molecular weight excluding hydrogens is 298 g/mol. The summed E-state index contributed by atoms with van der Waals surface area (Å²) in [5.41, 5.74) is 0.975. The second-order valence-electron chi connectivity index (χ2n) is 5.41. The quantitative estimate of drug-likeness (QED) is 0.812. The molecule has 118 valence electrons. The molecule has 5 heteroatoms. The molecule has 0 fully saturated rings. The molecule has 2 rings (SSSR count). The van der Waals surface area contributed by atoms with Gasteiger partial charge in [0.25, 0.3) is 0 Å². The monoisotopic (exact) mass is 319 g/mol. The zero-order chi connectivity index (χ0) is 15.9. The average molecular weight is 319 g/mol. The van der Waals surface area contributed by atoms with Crippen LogP contribution in [0.4, 0.5) is 0 Å². The Morgan fingerprint density at radius 2 is 2.14 bits per heavy atom. The van der Waals surface area contributed by atoms with Gasteiger partial charge < -0.3 is 14.7 Å². The number of hydrogen-bond acceptors (Lipinski definition) is 4. The summed E-state index contributed by atoms with van der Waals surface area (Å²) in [5, 5.41) is 11.4. The van der Waals surface area contributed by atoms with Crippen molar-refractivity contribution in [2.24, 2.45) is 0 Å². The van der Waals surface area contributed by atoms with Gasteiger partial charge in [-0.3, -0.25) is 4.79 Å². The van der Waals surface area contributed by atoms with Crippen LogP contribution in [-0.4, -0.2) is 43.2 Å². The highest BCUT2D eigenvalue weighted by Crippen LogP contribution is 2.26. The lowest BCUT2D eigenvalue weighted by Gasteiger charge is -2.13. The van der Waals surface area contributed by atoms with Crippen molar-refractivity contribution >= 4 is 17.3 Å². The van der Waals surface area contributed by atoms with E-state index in [9.17, 15) is 9.90 Å². The van der Waals surface area contributed by atoms with Crippen molar-refractivity contribution in [3.8, 4) is 5.75 Å². The summed E-state index contributed by atoms with van der Waals surface area (Å²) in [5.74, 6) is -0.506. The molecule has 0 saturated heterocycles. The van der Waals surface area contributed by atoms with E-state index in [2.05, 4.69) is 4.90 Å². The van der Waals surface area contributed by atoms with Gasteiger partial charge in [0.05, 0.1) is 5.92 Å². The van der Waals surface area contributed by atoms with Crippen molar-refractivity contribution < 1.29 is 14.6 Å². The third-order valence-corrected chi connectivity index (χ3v) is 4.32. The van der Waals surface area contributed by atoms with E-state index in [1.54, 1.807) is 0 Å². The van der Waals surface area contributed by atoms with Crippen LogP contribution in [0.1, 0.15) is 16.4 Å². The normalized spacial score (nSPS) is 12.3. The summed E-state index contributed by atoms with van der Waals surface area (Å²) in [6.07, 6.45) is 0.473. The molecule has 4 nitrogen and oxygen atoms in total. The molecule has 0 aliphatic carbocycles. The largest absolute Gasteiger partial charge is 0.492 e. The molecular formula is C17H21NO3S. The summed E-state index contributed by atoms with van der Waals surface area (Å²) >= 11 is 1.48. The third-order valence-electron chi connectivity index (χ3n) is 3.33. The Morgan fingerprint density at radius 3 is 2.77 bits per heavy atom. The van der Waals surface area contributed by atoms with Gasteiger partial charge in [0, 0.05) is 11.4 Å². The van der Waals surface area contributed by atoms with Crippen LogP contribution in [0.5, 0.6) is 5.75 Å². The van der Waals surface area contributed by atoms with E-state index in [4.69, 9.17) is 4.74 Å². The third kappa shape index (κ3) is 4.86. The minimum absolute atomic E-state index is 0.473. The average Bonchev–Trinajstić information content (AvgIpc) is 2.98. The zero-order valence-electron chi connectivity index (χ0n) is 12.9. The van der Waals surface area contributed by atoms with E-state index in [0.717, 1.165) is 22.7 Å². The van der Waals surface area contributed by atoms with Gasteiger partial charge in [-0.15, -0.1) is 11.3 Å². The predicted octanol–water partition coefficient (Wildman–Crippen LogP) is 3.10. The molecule has 1 N–H and O–H groups in total. The van der Waals surface area contributed by atoms with Crippen molar-refractivity contribution in [1.82, 2.24) is 4.90 Å². The second kappa shape index (κ2) is 7.96. The Morgan fingerprint density at radius 1 is 1.32 bits per heavy atom. The van der Waals surface area contributed by atoms with Crippen LogP contribution < -0.4 is 4.74 Å². The van der Waals surface area contributed by atoms with Crippen LogP contribution in [0.2, 0.25) is 0 Å². The Hall–Kier alpha value is -1.85. The van der Waals surface area contributed by atoms with Gasteiger partial charge in [-0.25, -0.2) is 0 Å². The van der Waals surface area contributed by atoms with E-state index in [1.807, 2.05) is 55.9 Å². The van der Waals surface area contributed by atoms with Crippen LogP contribution in [0.25, 0.3) is 0 Å². The van der Waals surface area contributed by atoms with Crippen LogP contribution in [0.3, 0.4) is 0 Å². The van der Waals surface area contributed by atoms with E-state index in [1.165, 1.54) is 11.3 Å². The van der Waals surface area contributed by atoms with Gasteiger partial charge in [0.1, 0.15) is 12.4 Å². The van der Waals surface area contributed by atoms with Crippen molar-refractivity contribution in [2.45, 2.75) is 12.3 Å². The number of carboxylic acids is 1. The lowest BCUT2D eigenvalue weighted by atomic mass is 9.98. The molecule has 2 aromatic rings. The number of ether oxygens (including phenoxy) is 1. The molecule has 22 heavy (non-hydrogen) atoms. The number of likely N-dealkylation sites (N-methyl/N-ethyl adjacent to an activating group) is 1.